The fourth-order valence-corrected chi connectivity index (χ4v) is 6.14. The van der Waals surface area contributed by atoms with Crippen LogP contribution in [0, 0.1) is 0 Å². The van der Waals surface area contributed by atoms with Crippen molar-refractivity contribution in [2.45, 2.75) is 209 Å². The number of ether oxygens (including phenoxy) is 7. The largest absolute Gasteiger partial charge is 0.495 e. The Hall–Kier alpha value is -1.44. The maximum atomic E-state index is 6.32. The van der Waals surface area contributed by atoms with E-state index in [1.54, 1.807) is 0 Å². The Morgan fingerprint density at radius 1 is 0.367 bits per heavy atom. The summed E-state index contributed by atoms with van der Waals surface area (Å²) >= 11 is 0. The summed E-state index contributed by atoms with van der Waals surface area (Å²) in [6, 6.07) is 0. The molecular formula is C42H82O7. The minimum atomic E-state index is -0.220. The van der Waals surface area contributed by atoms with Crippen molar-refractivity contribution >= 4 is 0 Å². The van der Waals surface area contributed by atoms with Crippen LogP contribution >= 0.6 is 0 Å². The third-order valence-electron chi connectivity index (χ3n) is 8.69. The second kappa shape index (κ2) is 36.4. The highest BCUT2D eigenvalue weighted by Gasteiger charge is 2.24. The molecule has 292 valence electrons. The first-order valence-electron chi connectivity index (χ1n) is 20.9. The second-order valence-corrected chi connectivity index (χ2v) is 13.1. The van der Waals surface area contributed by atoms with Crippen molar-refractivity contribution in [1.82, 2.24) is 0 Å². The Balaban J connectivity index is 5.32. The van der Waals surface area contributed by atoms with Gasteiger partial charge in [-0.1, -0.05) is 130 Å². The Kier molecular flexibility index (Phi) is 35.3. The quantitative estimate of drug-likeness (QED) is 0.0361. The molecule has 0 aromatic heterocycles. The lowest BCUT2D eigenvalue weighted by atomic mass is 10.1. The van der Waals surface area contributed by atoms with E-state index in [1.807, 2.05) is 27.7 Å². The van der Waals surface area contributed by atoms with Crippen molar-refractivity contribution in [3.05, 3.63) is 23.0 Å². The van der Waals surface area contributed by atoms with Gasteiger partial charge in [0.1, 0.15) is 23.7 Å². The summed E-state index contributed by atoms with van der Waals surface area (Å²) in [6.07, 6.45) is 25.4. The van der Waals surface area contributed by atoms with Crippen LogP contribution in [0.4, 0.5) is 0 Å². The van der Waals surface area contributed by atoms with Gasteiger partial charge in [0.25, 0.3) is 0 Å². The topological polar surface area (TPSA) is 64.6 Å². The van der Waals surface area contributed by atoms with Crippen molar-refractivity contribution in [3.8, 4) is 0 Å². The van der Waals surface area contributed by atoms with Gasteiger partial charge in [0.15, 0.2) is 25.1 Å². The van der Waals surface area contributed by atoms with Gasteiger partial charge < -0.3 is 33.2 Å². The lowest BCUT2D eigenvalue weighted by molar-refractivity contribution is -0.166. The Labute approximate surface area is 304 Å². The van der Waals surface area contributed by atoms with E-state index in [2.05, 4.69) is 27.7 Å². The molecule has 0 fully saturated rings. The Morgan fingerprint density at radius 3 is 1.00 bits per heavy atom. The molecule has 0 aromatic carbocycles. The first kappa shape index (κ1) is 47.6. The van der Waals surface area contributed by atoms with Gasteiger partial charge in [-0.05, 0) is 53.4 Å². The molecule has 0 saturated heterocycles. The molecule has 0 aromatic rings. The molecule has 0 saturated carbocycles. The summed E-state index contributed by atoms with van der Waals surface area (Å²) in [7, 11) is 0. The summed E-state index contributed by atoms with van der Waals surface area (Å²) in [5.41, 5.74) is 0. The molecule has 0 spiro atoms. The lowest BCUT2D eigenvalue weighted by Crippen LogP contribution is -2.25. The molecule has 0 amide bonds. The van der Waals surface area contributed by atoms with E-state index in [4.69, 9.17) is 33.2 Å². The summed E-state index contributed by atoms with van der Waals surface area (Å²) in [4.78, 5) is 0. The molecule has 0 aliphatic rings. The predicted octanol–water partition coefficient (Wildman–Crippen LogP) is 12.9. The van der Waals surface area contributed by atoms with Crippen LogP contribution in [0.25, 0.3) is 0 Å². The van der Waals surface area contributed by atoms with Crippen molar-refractivity contribution in [2.75, 3.05) is 40.0 Å². The van der Waals surface area contributed by atoms with Crippen LogP contribution in [-0.2, 0) is 33.2 Å². The van der Waals surface area contributed by atoms with E-state index in [9.17, 15) is 0 Å². The van der Waals surface area contributed by atoms with Crippen molar-refractivity contribution in [3.63, 3.8) is 0 Å². The van der Waals surface area contributed by atoms with Gasteiger partial charge in [-0.15, -0.1) is 0 Å². The van der Waals surface area contributed by atoms with Crippen LogP contribution in [-0.4, -0.2) is 52.2 Å². The molecule has 7 heteroatoms. The van der Waals surface area contributed by atoms with Crippen LogP contribution in [0.1, 0.15) is 197 Å². The van der Waals surface area contributed by atoms with E-state index in [-0.39, 0.29) is 25.8 Å². The zero-order chi connectivity index (χ0) is 36.2. The summed E-state index contributed by atoms with van der Waals surface area (Å²) in [5.74, 6) is 3.51. The standard InChI is InChI=1S/C42H82O7/c1-9-17-19-21-23-25-27-29-33-39(44-13-5)41(46-15-7)37(31-11-3)48-35-43-36-49-38(32-12-4)42(47-16-8)40(45-14-6)34-30-28-26-24-22-20-18-10-2/h37-38H,9-36H2,1-8H3. The SMILES string of the molecule is CCCCCCCCCCC(OCC)=C(OCC)C(CCC)OCOCOC(CCC)C(OCC)=C(CCCCCCCCCC)OCC. The second-order valence-electron chi connectivity index (χ2n) is 13.1. The molecule has 2 atom stereocenters. The van der Waals surface area contributed by atoms with Gasteiger partial charge in [-0.25, -0.2) is 0 Å². The van der Waals surface area contributed by atoms with Crippen molar-refractivity contribution < 1.29 is 33.2 Å². The highest BCUT2D eigenvalue weighted by molar-refractivity contribution is 5.09. The number of rotatable bonds is 38. The summed E-state index contributed by atoms with van der Waals surface area (Å²) in [6.45, 7) is 19.6. The van der Waals surface area contributed by atoms with Crippen molar-refractivity contribution in [2.24, 2.45) is 0 Å². The number of allylic oxidation sites excluding steroid dienone is 2. The maximum absolute atomic E-state index is 6.32. The maximum Gasteiger partial charge on any atom is 0.162 e. The first-order valence-corrected chi connectivity index (χ1v) is 20.9. The highest BCUT2D eigenvalue weighted by Crippen LogP contribution is 2.26. The molecular weight excluding hydrogens is 616 g/mol. The number of hydrogen-bond donors (Lipinski definition) is 0. The first-order chi connectivity index (χ1) is 24.1. The molecule has 2 unspecified atom stereocenters. The molecule has 0 heterocycles. The molecule has 0 N–H and O–H groups in total. The van der Waals surface area contributed by atoms with Crippen LogP contribution in [0.3, 0.4) is 0 Å². The van der Waals surface area contributed by atoms with Gasteiger partial charge in [-0.3, -0.25) is 0 Å². The van der Waals surface area contributed by atoms with E-state index in [0.29, 0.717) is 26.4 Å². The van der Waals surface area contributed by atoms with Gasteiger partial charge >= 0.3 is 0 Å². The van der Waals surface area contributed by atoms with Crippen LogP contribution in [0.2, 0.25) is 0 Å². The van der Waals surface area contributed by atoms with Crippen LogP contribution in [0.5, 0.6) is 0 Å². The Bertz CT molecular complexity index is 704. The molecule has 0 bridgehead atoms. The van der Waals surface area contributed by atoms with Crippen LogP contribution in [0.15, 0.2) is 23.0 Å². The molecule has 0 radical (unpaired) electrons. The summed E-state index contributed by atoms with van der Waals surface area (Å²) in [5, 5.41) is 0. The average molecular weight is 699 g/mol. The monoisotopic (exact) mass is 699 g/mol. The molecule has 0 aliphatic heterocycles. The molecule has 7 nitrogen and oxygen atoms in total. The third kappa shape index (κ3) is 25.2. The lowest BCUT2D eigenvalue weighted by Gasteiger charge is -2.25. The zero-order valence-electron chi connectivity index (χ0n) is 33.8. The zero-order valence-corrected chi connectivity index (χ0v) is 33.8. The van der Waals surface area contributed by atoms with Crippen molar-refractivity contribution in [1.29, 1.82) is 0 Å². The van der Waals surface area contributed by atoms with Gasteiger partial charge in [0, 0.05) is 12.8 Å². The van der Waals surface area contributed by atoms with Crippen LogP contribution < -0.4 is 0 Å². The minimum Gasteiger partial charge on any atom is -0.495 e. The van der Waals surface area contributed by atoms with E-state index in [1.165, 1.54) is 89.9 Å². The molecule has 0 rings (SSSR count). The fourth-order valence-electron chi connectivity index (χ4n) is 6.14. The number of hydrogen-bond acceptors (Lipinski definition) is 7. The Morgan fingerprint density at radius 2 is 0.694 bits per heavy atom. The van der Waals surface area contributed by atoms with Gasteiger partial charge in [0.2, 0.25) is 0 Å². The van der Waals surface area contributed by atoms with Gasteiger partial charge in [0.05, 0.1) is 26.4 Å². The van der Waals surface area contributed by atoms with E-state index >= 15 is 0 Å². The molecule has 0 aliphatic carbocycles. The third-order valence-corrected chi connectivity index (χ3v) is 8.69. The predicted molar refractivity (Wildman–Crippen MR) is 205 cm³/mol. The van der Waals surface area contributed by atoms with E-state index in [0.717, 1.165) is 74.4 Å². The average Bonchev–Trinajstić information content (AvgIpc) is 3.10. The molecule has 49 heavy (non-hydrogen) atoms. The smallest absolute Gasteiger partial charge is 0.162 e. The highest BCUT2D eigenvalue weighted by atomic mass is 16.7. The summed E-state index contributed by atoms with van der Waals surface area (Å²) < 4.78 is 43.3. The number of unbranched alkanes of at least 4 members (excludes halogenated alkanes) is 14. The minimum absolute atomic E-state index is 0.113. The fraction of sp³-hybridized carbons (Fsp3) is 0.905. The van der Waals surface area contributed by atoms with E-state index < -0.39 is 0 Å². The van der Waals surface area contributed by atoms with Gasteiger partial charge in [-0.2, -0.15) is 0 Å². The normalized spacial score (nSPS) is 13.9.